The number of hydrogen-bond acceptors (Lipinski definition) is 3. The monoisotopic (exact) mass is 226 g/mol. The molecule has 1 saturated heterocycles. The van der Waals surface area contributed by atoms with Crippen molar-refractivity contribution in [1.29, 1.82) is 0 Å². The number of β-amino-alcohol motifs (C(OH)–C–C–N with tert-alkyl or cyclic N) is 1. The zero-order valence-corrected chi connectivity index (χ0v) is 10.4. The summed E-state index contributed by atoms with van der Waals surface area (Å²) in [6.45, 7) is 10.7. The molecular formula is C13H26N2O. The summed E-state index contributed by atoms with van der Waals surface area (Å²) >= 11 is 0. The molecule has 0 unspecified atom stereocenters. The van der Waals surface area contributed by atoms with E-state index in [0.29, 0.717) is 6.61 Å². The van der Waals surface area contributed by atoms with Gasteiger partial charge in [-0.15, -0.1) is 6.58 Å². The largest absolute Gasteiger partial charge is 0.395 e. The molecule has 0 bridgehead atoms. The predicted molar refractivity (Wildman–Crippen MR) is 68.6 cm³/mol. The number of piperazine rings is 1. The second kappa shape index (κ2) is 8.74. The van der Waals surface area contributed by atoms with Crippen LogP contribution < -0.4 is 0 Å². The van der Waals surface area contributed by atoms with Crippen LogP contribution in [-0.4, -0.2) is 60.8 Å². The van der Waals surface area contributed by atoms with Gasteiger partial charge in [0.15, 0.2) is 0 Å². The fourth-order valence-electron chi connectivity index (χ4n) is 2.18. The third-order valence-electron chi connectivity index (χ3n) is 3.26. The normalized spacial score (nSPS) is 18.8. The summed E-state index contributed by atoms with van der Waals surface area (Å²) in [6.07, 6.45) is 7.09. The van der Waals surface area contributed by atoms with Crippen molar-refractivity contribution in [3.63, 3.8) is 0 Å². The lowest BCUT2D eigenvalue weighted by atomic mass is 10.2. The van der Waals surface area contributed by atoms with Crippen molar-refractivity contribution in [2.45, 2.75) is 25.7 Å². The van der Waals surface area contributed by atoms with Gasteiger partial charge in [-0.05, 0) is 25.8 Å². The van der Waals surface area contributed by atoms with Gasteiger partial charge in [-0.25, -0.2) is 0 Å². The van der Waals surface area contributed by atoms with E-state index in [4.69, 9.17) is 5.11 Å². The van der Waals surface area contributed by atoms with Gasteiger partial charge in [-0.2, -0.15) is 0 Å². The van der Waals surface area contributed by atoms with E-state index >= 15 is 0 Å². The van der Waals surface area contributed by atoms with Crippen molar-refractivity contribution in [3.05, 3.63) is 12.7 Å². The Hall–Kier alpha value is -0.380. The molecule has 0 aliphatic carbocycles. The zero-order chi connectivity index (χ0) is 11.6. The van der Waals surface area contributed by atoms with Crippen molar-refractivity contribution < 1.29 is 5.11 Å². The summed E-state index contributed by atoms with van der Waals surface area (Å²) in [5.74, 6) is 0. The van der Waals surface area contributed by atoms with Crippen LogP contribution in [0.3, 0.4) is 0 Å². The first-order valence-electron chi connectivity index (χ1n) is 6.53. The molecule has 0 spiro atoms. The molecule has 3 nitrogen and oxygen atoms in total. The molecule has 94 valence electrons. The lowest BCUT2D eigenvalue weighted by Crippen LogP contribution is -2.47. The van der Waals surface area contributed by atoms with Crippen molar-refractivity contribution >= 4 is 0 Å². The molecular weight excluding hydrogens is 200 g/mol. The van der Waals surface area contributed by atoms with Crippen LogP contribution in [0.25, 0.3) is 0 Å². The molecule has 0 saturated carbocycles. The van der Waals surface area contributed by atoms with Crippen LogP contribution in [0.2, 0.25) is 0 Å². The van der Waals surface area contributed by atoms with Crippen LogP contribution in [0, 0.1) is 0 Å². The number of rotatable bonds is 8. The van der Waals surface area contributed by atoms with E-state index in [9.17, 15) is 0 Å². The molecule has 0 aromatic carbocycles. The number of aliphatic hydroxyl groups is 1. The lowest BCUT2D eigenvalue weighted by Gasteiger charge is -2.34. The minimum absolute atomic E-state index is 0.293. The Morgan fingerprint density at radius 1 is 0.938 bits per heavy atom. The maximum Gasteiger partial charge on any atom is 0.0558 e. The molecule has 0 aromatic heterocycles. The van der Waals surface area contributed by atoms with Gasteiger partial charge in [0.2, 0.25) is 0 Å². The maximum atomic E-state index is 8.84. The standard InChI is InChI=1S/C13H26N2O/c1-2-3-4-5-6-7-14-8-10-15(11-9-14)12-13-16/h2,16H,1,3-13H2. The Labute approximate surface area is 99.7 Å². The summed E-state index contributed by atoms with van der Waals surface area (Å²) < 4.78 is 0. The summed E-state index contributed by atoms with van der Waals surface area (Å²) in [5.41, 5.74) is 0. The van der Waals surface area contributed by atoms with E-state index in [1.807, 2.05) is 6.08 Å². The fraction of sp³-hybridized carbons (Fsp3) is 0.846. The van der Waals surface area contributed by atoms with Gasteiger partial charge in [-0.3, -0.25) is 4.90 Å². The van der Waals surface area contributed by atoms with Crippen LogP contribution in [-0.2, 0) is 0 Å². The number of hydrogen-bond donors (Lipinski definition) is 1. The Morgan fingerprint density at radius 2 is 1.56 bits per heavy atom. The lowest BCUT2D eigenvalue weighted by molar-refractivity contribution is 0.111. The quantitative estimate of drug-likeness (QED) is 0.500. The molecule has 1 aliphatic heterocycles. The first-order chi connectivity index (χ1) is 7.86. The van der Waals surface area contributed by atoms with E-state index in [1.54, 1.807) is 0 Å². The summed E-state index contributed by atoms with van der Waals surface area (Å²) in [6, 6.07) is 0. The van der Waals surface area contributed by atoms with Gasteiger partial charge < -0.3 is 10.0 Å². The average molecular weight is 226 g/mol. The van der Waals surface area contributed by atoms with E-state index < -0.39 is 0 Å². The molecule has 0 radical (unpaired) electrons. The summed E-state index contributed by atoms with van der Waals surface area (Å²) in [5, 5.41) is 8.84. The molecule has 0 amide bonds. The highest BCUT2D eigenvalue weighted by molar-refractivity contribution is 4.72. The molecule has 1 rings (SSSR count). The minimum Gasteiger partial charge on any atom is -0.395 e. The molecule has 1 N–H and O–H groups in total. The van der Waals surface area contributed by atoms with E-state index in [2.05, 4.69) is 16.4 Å². The highest BCUT2D eigenvalue weighted by Gasteiger charge is 2.15. The van der Waals surface area contributed by atoms with Crippen molar-refractivity contribution in [3.8, 4) is 0 Å². The van der Waals surface area contributed by atoms with Crippen LogP contribution in [0.4, 0.5) is 0 Å². The fourth-order valence-corrected chi connectivity index (χ4v) is 2.18. The molecule has 1 heterocycles. The Kier molecular flexibility index (Phi) is 7.47. The molecule has 0 aromatic rings. The highest BCUT2D eigenvalue weighted by Crippen LogP contribution is 2.05. The summed E-state index contributed by atoms with van der Waals surface area (Å²) in [7, 11) is 0. The first kappa shape index (κ1) is 13.7. The number of nitrogens with zero attached hydrogens (tertiary/aromatic N) is 2. The molecule has 16 heavy (non-hydrogen) atoms. The molecule has 3 heteroatoms. The predicted octanol–water partition coefficient (Wildman–Crippen LogP) is 1.34. The first-order valence-corrected chi connectivity index (χ1v) is 6.53. The van der Waals surface area contributed by atoms with Crippen LogP contribution in [0.1, 0.15) is 25.7 Å². The molecule has 1 aliphatic rings. The molecule has 1 fully saturated rings. The van der Waals surface area contributed by atoms with Gasteiger partial charge in [0.05, 0.1) is 6.61 Å². The maximum absolute atomic E-state index is 8.84. The SMILES string of the molecule is C=CCCCCCN1CCN(CCO)CC1. The minimum atomic E-state index is 0.293. The van der Waals surface area contributed by atoms with Crippen molar-refractivity contribution in [2.75, 3.05) is 45.9 Å². The Morgan fingerprint density at radius 3 is 2.12 bits per heavy atom. The molecule has 0 atom stereocenters. The van der Waals surface area contributed by atoms with E-state index in [-0.39, 0.29) is 0 Å². The summed E-state index contributed by atoms with van der Waals surface area (Å²) in [4.78, 5) is 4.88. The zero-order valence-electron chi connectivity index (χ0n) is 10.4. The van der Waals surface area contributed by atoms with Crippen molar-refractivity contribution in [2.24, 2.45) is 0 Å². The number of allylic oxidation sites excluding steroid dienone is 1. The number of aliphatic hydroxyl groups excluding tert-OH is 1. The smallest absolute Gasteiger partial charge is 0.0558 e. The third kappa shape index (κ3) is 5.64. The Balaban J connectivity index is 1.97. The van der Waals surface area contributed by atoms with Crippen molar-refractivity contribution in [1.82, 2.24) is 9.80 Å². The van der Waals surface area contributed by atoms with Gasteiger partial charge in [0, 0.05) is 32.7 Å². The van der Waals surface area contributed by atoms with Gasteiger partial charge >= 0.3 is 0 Å². The Bertz CT molecular complexity index is 177. The third-order valence-corrected chi connectivity index (χ3v) is 3.26. The van der Waals surface area contributed by atoms with Crippen LogP contribution in [0.5, 0.6) is 0 Å². The van der Waals surface area contributed by atoms with Crippen LogP contribution in [0.15, 0.2) is 12.7 Å². The average Bonchev–Trinajstić information content (AvgIpc) is 2.31. The second-order valence-electron chi connectivity index (χ2n) is 4.54. The highest BCUT2D eigenvalue weighted by atomic mass is 16.3. The second-order valence-corrected chi connectivity index (χ2v) is 4.54. The topological polar surface area (TPSA) is 26.7 Å². The van der Waals surface area contributed by atoms with Crippen LogP contribution >= 0.6 is 0 Å². The van der Waals surface area contributed by atoms with Gasteiger partial charge in [0.25, 0.3) is 0 Å². The van der Waals surface area contributed by atoms with E-state index in [1.165, 1.54) is 38.9 Å². The van der Waals surface area contributed by atoms with Gasteiger partial charge in [-0.1, -0.05) is 12.5 Å². The van der Waals surface area contributed by atoms with Gasteiger partial charge in [0.1, 0.15) is 0 Å². The number of unbranched alkanes of at least 4 members (excludes halogenated alkanes) is 3. The van der Waals surface area contributed by atoms with E-state index in [0.717, 1.165) is 26.1 Å².